The SMILES string of the molecule is O=C(O)c1cc(Cc2ccccc2Cl)[nH]n1. The number of aromatic amines is 1. The number of rotatable bonds is 3. The van der Waals surface area contributed by atoms with Gasteiger partial charge in [-0.3, -0.25) is 5.10 Å². The fourth-order valence-electron chi connectivity index (χ4n) is 1.41. The summed E-state index contributed by atoms with van der Waals surface area (Å²) >= 11 is 5.99. The third kappa shape index (κ3) is 2.23. The minimum Gasteiger partial charge on any atom is -0.476 e. The van der Waals surface area contributed by atoms with E-state index >= 15 is 0 Å². The molecule has 0 aliphatic carbocycles. The Morgan fingerprint density at radius 2 is 2.19 bits per heavy atom. The van der Waals surface area contributed by atoms with Gasteiger partial charge in [0.05, 0.1) is 0 Å². The van der Waals surface area contributed by atoms with Gasteiger partial charge in [-0.15, -0.1) is 0 Å². The number of carboxylic acid groups (broad SMARTS) is 1. The lowest BCUT2D eigenvalue weighted by atomic mass is 10.1. The van der Waals surface area contributed by atoms with Crippen LogP contribution >= 0.6 is 11.6 Å². The number of nitrogens with zero attached hydrogens (tertiary/aromatic N) is 1. The van der Waals surface area contributed by atoms with Crippen LogP contribution in [-0.2, 0) is 6.42 Å². The molecule has 0 unspecified atom stereocenters. The van der Waals surface area contributed by atoms with Gasteiger partial charge in [0.15, 0.2) is 5.69 Å². The van der Waals surface area contributed by atoms with Crippen molar-refractivity contribution in [3.8, 4) is 0 Å². The number of H-pyrrole nitrogens is 1. The van der Waals surface area contributed by atoms with Gasteiger partial charge in [-0.25, -0.2) is 4.79 Å². The number of nitrogens with one attached hydrogen (secondary N) is 1. The average Bonchev–Trinajstić information content (AvgIpc) is 2.70. The van der Waals surface area contributed by atoms with Crippen molar-refractivity contribution in [3.63, 3.8) is 0 Å². The number of carbonyl (C=O) groups is 1. The normalized spacial score (nSPS) is 10.3. The van der Waals surface area contributed by atoms with Crippen molar-refractivity contribution < 1.29 is 9.90 Å². The molecule has 1 aromatic carbocycles. The number of halogens is 1. The van der Waals surface area contributed by atoms with E-state index in [-0.39, 0.29) is 5.69 Å². The Balaban J connectivity index is 2.21. The zero-order valence-electron chi connectivity index (χ0n) is 8.27. The maximum atomic E-state index is 10.6. The monoisotopic (exact) mass is 236 g/mol. The van der Waals surface area contributed by atoms with E-state index in [2.05, 4.69) is 10.2 Å². The van der Waals surface area contributed by atoms with E-state index in [4.69, 9.17) is 16.7 Å². The second kappa shape index (κ2) is 4.37. The van der Waals surface area contributed by atoms with E-state index in [1.54, 1.807) is 6.07 Å². The molecule has 0 saturated heterocycles. The van der Waals surface area contributed by atoms with Gasteiger partial charge in [-0.1, -0.05) is 29.8 Å². The summed E-state index contributed by atoms with van der Waals surface area (Å²) in [6.07, 6.45) is 0.542. The Morgan fingerprint density at radius 3 is 2.81 bits per heavy atom. The smallest absolute Gasteiger partial charge is 0.356 e. The van der Waals surface area contributed by atoms with Crippen LogP contribution in [0.25, 0.3) is 0 Å². The fraction of sp³-hybridized carbons (Fsp3) is 0.0909. The van der Waals surface area contributed by atoms with Crippen LogP contribution in [0.3, 0.4) is 0 Å². The van der Waals surface area contributed by atoms with E-state index in [0.717, 1.165) is 11.3 Å². The molecule has 0 fully saturated rings. The van der Waals surface area contributed by atoms with Gasteiger partial charge in [0.1, 0.15) is 0 Å². The summed E-state index contributed by atoms with van der Waals surface area (Å²) in [6, 6.07) is 8.93. The van der Waals surface area contributed by atoms with Crippen molar-refractivity contribution in [1.29, 1.82) is 0 Å². The summed E-state index contributed by atoms with van der Waals surface area (Å²) in [5.74, 6) is -1.04. The lowest BCUT2D eigenvalue weighted by molar-refractivity contribution is 0.0690. The lowest BCUT2D eigenvalue weighted by Crippen LogP contribution is -1.95. The Labute approximate surface area is 96.9 Å². The first-order valence-corrected chi connectivity index (χ1v) is 5.05. The topological polar surface area (TPSA) is 66.0 Å². The molecule has 82 valence electrons. The number of hydrogen-bond donors (Lipinski definition) is 2. The van der Waals surface area contributed by atoms with E-state index in [1.807, 2.05) is 18.2 Å². The molecule has 4 nitrogen and oxygen atoms in total. The van der Waals surface area contributed by atoms with Gasteiger partial charge in [0.2, 0.25) is 0 Å². The Hall–Kier alpha value is -1.81. The first kappa shape index (κ1) is 10.7. The third-order valence-electron chi connectivity index (χ3n) is 2.19. The molecule has 1 heterocycles. The fourth-order valence-corrected chi connectivity index (χ4v) is 1.61. The molecule has 0 radical (unpaired) electrons. The van der Waals surface area contributed by atoms with Gasteiger partial charge in [0, 0.05) is 17.1 Å². The van der Waals surface area contributed by atoms with Gasteiger partial charge in [0.25, 0.3) is 0 Å². The van der Waals surface area contributed by atoms with Gasteiger partial charge >= 0.3 is 5.97 Å². The summed E-state index contributed by atoms with van der Waals surface area (Å²) in [5.41, 5.74) is 1.68. The van der Waals surface area contributed by atoms with Crippen molar-refractivity contribution in [2.45, 2.75) is 6.42 Å². The van der Waals surface area contributed by atoms with E-state index < -0.39 is 5.97 Å². The first-order chi connectivity index (χ1) is 7.66. The molecule has 0 atom stereocenters. The lowest BCUT2D eigenvalue weighted by Gasteiger charge is -2.00. The second-order valence-corrected chi connectivity index (χ2v) is 3.76. The van der Waals surface area contributed by atoms with Crippen LogP contribution in [0.5, 0.6) is 0 Å². The molecule has 2 aromatic rings. The zero-order valence-corrected chi connectivity index (χ0v) is 9.03. The van der Waals surface area contributed by atoms with Gasteiger partial charge < -0.3 is 5.11 Å². The number of aromatic carboxylic acids is 1. The largest absolute Gasteiger partial charge is 0.476 e. The standard InChI is InChI=1S/C11H9ClN2O2/c12-9-4-2-1-3-7(9)5-8-6-10(11(15)16)14-13-8/h1-4,6H,5H2,(H,13,14)(H,15,16). The highest BCUT2D eigenvalue weighted by Crippen LogP contribution is 2.18. The molecule has 5 heteroatoms. The van der Waals surface area contributed by atoms with Crippen molar-refractivity contribution in [3.05, 3.63) is 52.3 Å². The Kier molecular flexibility index (Phi) is 2.92. The summed E-state index contributed by atoms with van der Waals surface area (Å²) < 4.78 is 0. The highest BCUT2D eigenvalue weighted by Gasteiger charge is 2.09. The van der Waals surface area contributed by atoms with Crippen molar-refractivity contribution in [2.75, 3.05) is 0 Å². The van der Waals surface area contributed by atoms with Gasteiger partial charge in [-0.05, 0) is 17.7 Å². The van der Waals surface area contributed by atoms with Crippen LogP contribution in [-0.4, -0.2) is 21.3 Å². The van der Waals surface area contributed by atoms with Crippen LogP contribution in [0.1, 0.15) is 21.7 Å². The van der Waals surface area contributed by atoms with Crippen molar-refractivity contribution in [2.24, 2.45) is 0 Å². The molecule has 0 aliphatic rings. The second-order valence-electron chi connectivity index (χ2n) is 3.35. The average molecular weight is 237 g/mol. The Bertz CT molecular complexity index is 522. The maximum Gasteiger partial charge on any atom is 0.356 e. The number of aromatic nitrogens is 2. The van der Waals surface area contributed by atoms with Crippen LogP contribution in [0, 0.1) is 0 Å². The molecular weight excluding hydrogens is 228 g/mol. The highest BCUT2D eigenvalue weighted by atomic mass is 35.5. The minimum atomic E-state index is -1.04. The molecule has 1 aromatic heterocycles. The Morgan fingerprint density at radius 1 is 1.44 bits per heavy atom. The van der Waals surface area contributed by atoms with Crippen molar-refractivity contribution >= 4 is 17.6 Å². The predicted molar refractivity (Wildman–Crippen MR) is 59.8 cm³/mol. The summed E-state index contributed by atoms with van der Waals surface area (Å²) in [6.45, 7) is 0. The van der Waals surface area contributed by atoms with Crippen LogP contribution < -0.4 is 0 Å². The summed E-state index contributed by atoms with van der Waals surface area (Å²) in [5, 5.41) is 15.7. The molecule has 0 bridgehead atoms. The van der Waals surface area contributed by atoms with E-state index in [0.29, 0.717) is 11.4 Å². The number of benzene rings is 1. The van der Waals surface area contributed by atoms with E-state index in [9.17, 15) is 4.79 Å². The van der Waals surface area contributed by atoms with Gasteiger partial charge in [-0.2, -0.15) is 5.10 Å². The minimum absolute atomic E-state index is 0.0158. The number of carboxylic acids is 1. The number of hydrogen-bond acceptors (Lipinski definition) is 2. The highest BCUT2D eigenvalue weighted by molar-refractivity contribution is 6.31. The quantitative estimate of drug-likeness (QED) is 0.860. The molecule has 0 aliphatic heterocycles. The molecule has 0 spiro atoms. The molecule has 0 amide bonds. The summed E-state index contributed by atoms with van der Waals surface area (Å²) in [4.78, 5) is 10.6. The van der Waals surface area contributed by atoms with Crippen LogP contribution in [0.4, 0.5) is 0 Å². The zero-order chi connectivity index (χ0) is 11.5. The predicted octanol–water partition coefficient (Wildman–Crippen LogP) is 2.35. The third-order valence-corrected chi connectivity index (χ3v) is 2.56. The first-order valence-electron chi connectivity index (χ1n) is 4.68. The van der Waals surface area contributed by atoms with Crippen molar-refractivity contribution in [1.82, 2.24) is 10.2 Å². The maximum absolute atomic E-state index is 10.6. The molecular formula is C11H9ClN2O2. The molecule has 2 N–H and O–H groups in total. The summed E-state index contributed by atoms with van der Waals surface area (Å²) in [7, 11) is 0. The molecule has 2 rings (SSSR count). The van der Waals surface area contributed by atoms with Crippen LogP contribution in [0.15, 0.2) is 30.3 Å². The van der Waals surface area contributed by atoms with Crippen LogP contribution in [0.2, 0.25) is 5.02 Å². The van der Waals surface area contributed by atoms with E-state index in [1.165, 1.54) is 6.07 Å². The molecule has 16 heavy (non-hydrogen) atoms. The molecule has 0 saturated carbocycles.